The summed E-state index contributed by atoms with van der Waals surface area (Å²) in [6.45, 7) is 0. The summed E-state index contributed by atoms with van der Waals surface area (Å²) < 4.78 is 13.1. The Morgan fingerprint density at radius 3 is 2.62 bits per heavy atom. The van der Waals surface area contributed by atoms with Crippen molar-refractivity contribution in [2.24, 2.45) is 0 Å². The van der Waals surface area contributed by atoms with Crippen molar-refractivity contribution < 1.29 is 9.18 Å². The van der Waals surface area contributed by atoms with E-state index in [1.807, 2.05) is 18.2 Å². The highest BCUT2D eigenvalue weighted by Crippen LogP contribution is 2.35. The number of nitrogens with zero attached hydrogens (tertiary/aromatic N) is 1. The van der Waals surface area contributed by atoms with Gasteiger partial charge in [0.05, 0.1) is 5.03 Å². The molecule has 0 bridgehead atoms. The Balaban J connectivity index is 1.82. The average Bonchev–Trinajstić information content (AvgIpc) is 3.31. The zero-order valence-corrected chi connectivity index (χ0v) is 12.1. The Kier molecular flexibility index (Phi) is 4.20. The van der Waals surface area contributed by atoms with Crippen molar-refractivity contribution in [2.75, 3.05) is 0 Å². The maximum Gasteiger partial charge on any atom is 0.238 e. The quantitative estimate of drug-likeness (QED) is 0.861. The van der Waals surface area contributed by atoms with Gasteiger partial charge in [0, 0.05) is 12.2 Å². The number of hydrogen-bond donors (Lipinski definition) is 1. The van der Waals surface area contributed by atoms with Gasteiger partial charge in [-0.05, 0) is 42.7 Å². The van der Waals surface area contributed by atoms with E-state index < -0.39 is 5.25 Å². The molecule has 0 spiro atoms. The third kappa shape index (κ3) is 3.82. The van der Waals surface area contributed by atoms with Crippen LogP contribution in [0.15, 0.2) is 53.7 Å². The molecule has 0 aliphatic heterocycles. The van der Waals surface area contributed by atoms with Gasteiger partial charge in [-0.25, -0.2) is 9.37 Å². The SMILES string of the molecule is O=C(NC1CC1)[C@@H](Sc1ccccn1)c1ccc(F)cc1. The van der Waals surface area contributed by atoms with E-state index in [2.05, 4.69) is 10.3 Å². The monoisotopic (exact) mass is 302 g/mol. The summed E-state index contributed by atoms with van der Waals surface area (Å²) in [6, 6.07) is 12.0. The van der Waals surface area contributed by atoms with Gasteiger partial charge < -0.3 is 5.32 Å². The molecule has 3 nitrogen and oxygen atoms in total. The fraction of sp³-hybridized carbons (Fsp3) is 0.250. The summed E-state index contributed by atoms with van der Waals surface area (Å²) in [4.78, 5) is 16.7. The van der Waals surface area contributed by atoms with Crippen molar-refractivity contribution in [2.45, 2.75) is 29.2 Å². The summed E-state index contributed by atoms with van der Waals surface area (Å²) >= 11 is 1.38. The van der Waals surface area contributed by atoms with Gasteiger partial charge in [0.1, 0.15) is 11.1 Å². The van der Waals surface area contributed by atoms with Crippen LogP contribution in [0.25, 0.3) is 0 Å². The molecule has 0 saturated heterocycles. The van der Waals surface area contributed by atoms with Gasteiger partial charge in [-0.2, -0.15) is 0 Å². The van der Waals surface area contributed by atoms with E-state index in [9.17, 15) is 9.18 Å². The highest BCUT2D eigenvalue weighted by molar-refractivity contribution is 8.00. The number of aromatic nitrogens is 1. The van der Waals surface area contributed by atoms with Gasteiger partial charge in [-0.3, -0.25) is 4.79 Å². The normalized spacial score (nSPS) is 15.5. The topological polar surface area (TPSA) is 42.0 Å². The second-order valence-electron chi connectivity index (χ2n) is 5.00. The van der Waals surface area contributed by atoms with Crippen molar-refractivity contribution in [1.82, 2.24) is 10.3 Å². The van der Waals surface area contributed by atoms with Crippen molar-refractivity contribution in [3.05, 3.63) is 60.0 Å². The number of amides is 1. The molecule has 1 aromatic carbocycles. The minimum atomic E-state index is -0.416. The molecule has 1 heterocycles. The number of carbonyl (C=O) groups is 1. The Morgan fingerprint density at radius 2 is 2.00 bits per heavy atom. The van der Waals surface area contributed by atoms with Crippen LogP contribution < -0.4 is 5.32 Å². The van der Waals surface area contributed by atoms with E-state index in [1.54, 1.807) is 18.3 Å². The molecular formula is C16H15FN2OS. The molecule has 1 aliphatic carbocycles. The van der Waals surface area contributed by atoms with Gasteiger partial charge in [-0.15, -0.1) is 0 Å². The summed E-state index contributed by atoms with van der Waals surface area (Å²) in [5, 5.41) is 3.37. The second-order valence-corrected chi connectivity index (χ2v) is 6.13. The molecule has 108 valence electrons. The molecule has 1 amide bonds. The predicted octanol–water partition coefficient (Wildman–Crippen LogP) is 3.33. The van der Waals surface area contributed by atoms with Crippen LogP contribution in [-0.2, 0) is 4.79 Å². The lowest BCUT2D eigenvalue weighted by Gasteiger charge is -2.16. The lowest BCUT2D eigenvalue weighted by atomic mass is 10.1. The molecule has 0 unspecified atom stereocenters. The van der Waals surface area contributed by atoms with Crippen molar-refractivity contribution in [1.29, 1.82) is 0 Å². The number of hydrogen-bond acceptors (Lipinski definition) is 3. The van der Waals surface area contributed by atoms with Crippen LogP contribution in [0.4, 0.5) is 4.39 Å². The van der Waals surface area contributed by atoms with Crippen LogP contribution >= 0.6 is 11.8 Å². The molecule has 1 fully saturated rings. The highest BCUT2D eigenvalue weighted by Gasteiger charge is 2.29. The first-order chi connectivity index (χ1) is 10.2. The zero-order chi connectivity index (χ0) is 14.7. The van der Waals surface area contributed by atoms with Gasteiger partial charge in [0.15, 0.2) is 0 Å². The number of thioether (sulfide) groups is 1. The third-order valence-corrected chi connectivity index (χ3v) is 4.42. The highest BCUT2D eigenvalue weighted by atomic mass is 32.2. The molecule has 1 aliphatic rings. The molecule has 3 rings (SSSR count). The van der Waals surface area contributed by atoms with E-state index in [0.717, 1.165) is 23.4 Å². The zero-order valence-electron chi connectivity index (χ0n) is 11.3. The summed E-state index contributed by atoms with van der Waals surface area (Å²) in [5.41, 5.74) is 0.783. The average molecular weight is 302 g/mol. The van der Waals surface area contributed by atoms with Crippen LogP contribution in [-0.4, -0.2) is 16.9 Å². The van der Waals surface area contributed by atoms with Crippen LogP contribution in [0, 0.1) is 5.82 Å². The van der Waals surface area contributed by atoms with Crippen molar-refractivity contribution in [3.8, 4) is 0 Å². The fourth-order valence-electron chi connectivity index (χ4n) is 1.95. The van der Waals surface area contributed by atoms with E-state index in [0.29, 0.717) is 6.04 Å². The maximum atomic E-state index is 13.1. The van der Waals surface area contributed by atoms with Crippen LogP contribution in [0.1, 0.15) is 23.7 Å². The molecule has 1 N–H and O–H groups in total. The molecule has 1 atom stereocenters. The first kappa shape index (κ1) is 14.1. The van der Waals surface area contributed by atoms with E-state index in [4.69, 9.17) is 0 Å². The lowest BCUT2D eigenvalue weighted by molar-refractivity contribution is -0.120. The van der Waals surface area contributed by atoms with E-state index >= 15 is 0 Å². The summed E-state index contributed by atoms with van der Waals surface area (Å²) in [7, 11) is 0. The van der Waals surface area contributed by atoms with Crippen LogP contribution in [0.5, 0.6) is 0 Å². The maximum absolute atomic E-state index is 13.1. The largest absolute Gasteiger partial charge is 0.352 e. The number of rotatable bonds is 5. The first-order valence-corrected chi connectivity index (χ1v) is 7.74. The van der Waals surface area contributed by atoms with E-state index in [1.165, 1.54) is 23.9 Å². The van der Waals surface area contributed by atoms with Crippen LogP contribution in [0.2, 0.25) is 0 Å². The Morgan fingerprint density at radius 1 is 1.24 bits per heavy atom. The Labute approximate surface area is 127 Å². The minimum Gasteiger partial charge on any atom is -0.352 e. The molecular weight excluding hydrogens is 287 g/mol. The fourth-order valence-corrected chi connectivity index (χ4v) is 2.94. The third-order valence-electron chi connectivity index (χ3n) is 3.21. The summed E-state index contributed by atoms with van der Waals surface area (Å²) in [6.07, 6.45) is 3.77. The molecule has 5 heteroatoms. The molecule has 0 radical (unpaired) electrons. The number of pyridine rings is 1. The Bertz CT molecular complexity index is 614. The predicted molar refractivity (Wildman–Crippen MR) is 80.4 cm³/mol. The van der Waals surface area contributed by atoms with Crippen molar-refractivity contribution >= 4 is 17.7 Å². The van der Waals surface area contributed by atoms with Gasteiger partial charge in [0.25, 0.3) is 0 Å². The minimum absolute atomic E-state index is 0.0419. The first-order valence-electron chi connectivity index (χ1n) is 6.86. The van der Waals surface area contributed by atoms with Gasteiger partial charge in [0.2, 0.25) is 5.91 Å². The van der Waals surface area contributed by atoms with Crippen LogP contribution in [0.3, 0.4) is 0 Å². The number of carbonyl (C=O) groups excluding carboxylic acids is 1. The van der Waals surface area contributed by atoms with Gasteiger partial charge >= 0.3 is 0 Å². The smallest absolute Gasteiger partial charge is 0.238 e. The van der Waals surface area contributed by atoms with Gasteiger partial charge in [-0.1, -0.05) is 30.0 Å². The van der Waals surface area contributed by atoms with E-state index in [-0.39, 0.29) is 11.7 Å². The number of nitrogens with one attached hydrogen (secondary N) is 1. The number of halogens is 1. The summed E-state index contributed by atoms with van der Waals surface area (Å²) in [5.74, 6) is -0.345. The Hall–Kier alpha value is -1.88. The molecule has 1 saturated carbocycles. The lowest BCUT2D eigenvalue weighted by Crippen LogP contribution is -2.29. The number of benzene rings is 1. The second kappa shape index (κ2) is 6.26. The molecule has 2 aromatic rings. The standard InChI is InChI=1S/C16H15FN2OS/c17-12-6-4-11(5-7-12)15(16(20)19-13-8-9-13)21-14-3-1-2-10-18-14/h1-7,10,13,15H,8-9H2,(H,19,20)/t15-/m0/s1. The molecule has 21 heavy (non-hydrogen) atoms. The van der Waals surface area contributed by atoms with Crippen molar-refractivity contribution in [3.63, 3.8) is 0 Å². The molecule has 1 aromatic heterocycles.